The Kier molecular flexibility index (Phi) is 6.46. The maximum absolute atomic E-state index is 14.4. The molecule has 0 aliphatic heterocycles. The second-order valence-corrected chi connectivity index (χ2v) is 8.69. The summed E-state index contributed by atoms with van der Waals surface area (Å²) in [6.45, 7) is 0. The molecule has 0 aliphatic carbocycles. The van der Waals surface area contributed by atoms with E-state index in [0.29, 0.717) is 29.0 Å². The quantitative estimate of drug-likeness (QED) is 0.345. The molecular formula is C27H16F2N4S. The van der Waals surface area contributed by atoms with Crippen LogP contribution < -0.4 is 0 Å². The van der Waals surface area contributed by atoms with Gasteiger partial charge in [-0.3, -0.25) is 0 Å². The monoisotopic (exact) mass is 466 g/mol. The lowest BCUT2D eigenvalue weighted by Gasteiger charge is -2.25. The average Bonchev–Trinajstić information content (AvgIpc) is 3.37. The molecule has 0 aliphatic rings. The molecule has 0 bridgehead atoms. The molecular weight excluding hydrogens is 450 g/mol. The van der Waals surface area contributed by atoms with Gasteiger partial charge >= 0.3 is 0 Å². The number of halogens is 2. The Labute approximate surface area is 199 Å². The third-order valence-corrected chi connectivity index (χ3v) is 6.56. The highest BCUT2D eigenvalue weighted by atomic mass is 32.1. The molecule has 0 saturated heterocycles. The molecule has 4 aromatic rings. The number of benzene rings is 3. The van der Waals surface area contributed by atoms with Gasteiger partial charge < -0.3 is 0 Å². The van der Waals surface area contributed by atoms with Crippen LogP contribution in [0.4, 0.5) is 8.78 Å². The molecule has 0 spiro atoms. The fraction of sp³-hybridized carbons (Fsp3) is 0.111. The van der Waals surface area contributed by atoms with Crippen molar-refractivity contribution in [3.05, 3.63) is 111 Å². The minimum absolute atomic E-state index is 0.0334. The van der Waals surface area contributed by atoms with E-state index in [1.54, 1.807) is 53.9 Å². The zero-order chi connectivity index (χ0) is 24.1. The van der Waals surface area contributed by atoms with Gasteiger partial charge in [-0.15, -0.1) is 11.3 Å². The van der Waals surface area contributed by atoms with Crippen LogP contribution in [-0.4, -0.2) is 4.98 Å². The topological polar surface area (TPSA) is 84.3 Å². The largest absolute Gasteiger partial charge is 0.239 e. The molecule has 0 fully saturated rings. The summed E-state index contributed by atoms with van der Waals surface area (Å²) in [5.41, 5.74) is 1.89. The van der Waals surface area contributed by atoms with Crippen LogP contribution in [0, 0.1) is 45.6 Å². The molecule has 1 heterocycles. The first-order valence-electron chi connectivity index (χ1n) is 10.3. The van der Waals surface area contributed by atoms with E-state index in [1.807, 2.05) is 0 Å². The van der Waals surface area contributed by atoms with Crippen LogP contribution in [0.15, 0.2) is 72.1 Å². The van der Waals surface area contributed by atoms with Gasteiger partial charge in [-0.1, -0.05) is 24.3 Å². The molecule has 0 saturated carbocycles. The lowest BCUT2D eigenvalue weighted by atomic mass is 9.78. The molecule has 34 heavy (non-hydrogen) atoms. The van der Waals surface area contributed by atoms with Gasteiger partial charge in [-0.2, -0.15) is 15.8 Å². The lowest BCUT2D eigenvalue weighted by molar-refractivity contribution is 0.538. The Bertz CT molecular complexity index is 1390. The third-order valence-electron chi connectivity index (χ3n) is 5.51. The van der Waals surface area contributed by atoms with Crippen molar-refractivity contribution in [2.75, 3.05) is 0 Å². The SMILES string of the molecule is N#Cc1ccc(CC(C#N)(Cc2ccc(C#N)cc2)c2nc(-c3cc(F)ccc3F)cs2)cc1. The summed E-state index contributed by atoms with van der Waals surface area (Å²) in [7, 11) is 0. The highest BCUT2D eigenvalue weighted by Gasteiger charge is 2.36. The molecule has 0 radical (unpaired) electrons. The van der Waals surface area contributed by atoms with Crippen molar-refractivity contribution in [1.82, 2.24) is 4.98 Å². The number of aromatic nitrogens is 1. The van der Waals surface area contributed by atoms with Crippen LogP contribution >= 0.6 is 11.3 Å². The van der Waals surface area contributed by atoms with Crippen molar-refractivity contribution in [2.24, 2.45) is 0 Å². The van der Waals surface area contributed by atoms with Crippen molar-refractivity contribution in [2.45, 2.75) is 18.3 Å². The molecule has 3 aromatic carbocycles. The maximum Gasteiger partial charge on any atom is 0.132 e. The summed E-state index contributed by atoms with van der Waals surface area (Å²) < 4.78 is 28.1. The van der Waals surface area contributed by atoms with E-state index in [4.69, 9.17) is 10.5 Å². The fourth-order valence-electron chi connectivity index (χ4n) is 3.74. The minimum atomic E-state index is -1.10. The molecule has 0 amide bonds. The van der Waals surface area contributed by atoms with Crippen LogP contribution in [0.1, 0.15) is 27.3 Å². The van der Waals surface area contributed by atoms with Crippen LogP contribution in [0.2, 0.25) is 0 Å². The van der Waals surface area contributed by atoms with Crippen molar-refractivity contribution in [3.63, 3.8) is 0 Å². The summed E-state index contributed by atoms with van der Waals surface area (Å²) in [5.74, 6) is -1.17. The van der Waals surface area contributed by atoms with Crippen LogP contribution in [0.5, 0.6) is 0 Å². The van der Waals surface area contributed by atoms with E-state index in [2.05, 4.69) is 23.2 Å². The summed E-state index contributed by atoms with van der Waals surface area (Å²) in [6.07, 6.45) is 0.599. The van der Waals surface area contributed by atoms with E-state index in [-0.39, 0.29) is 11.3 Å². The molecule has 0 unspecified atom stereocenters. The molecule has 0 N–H and O–H groups in total. The van der Waals surface area contributed by atoms with Gasteiger partial charge in [0.1, 0.15) is 22.1 Å². The molecule has 1 aromatic heterocycles. The summed E-state index contributed by atoms with van der Waals surface area (Å²) in [4.78, 5) is 4.57. The maximum atomic E-state index is 14.4. The zero-order valence-electron chi connectivity index (χ0n) is 17.8. The number of nitriles is 3. The molecule has 4 rings (SSSR count). The smallest absolute Gasteiger partial charge is 0.132 e. The Morgan fingerprint density at radius 1 is 0.794 bits per heavy atom. The Morgan fingerprint density at radius 2 is 1.35 bits per heavy atom. The van der Waals surface area contributed by atoms with Gasteiger partial charge in [0.2, 0.25) is 0 Å². The number of hydrogen-bond donors (Lipinski definition) is 0. The highest BCUT2D eigenvalue weighted by Crippen LogP contribution is 2.37. The zero-order valence-corrected chi connectivity index (χ0v) is 18.6. The third kappa shape index (κ3) is 4.69. The van der Waals surface area contributed by atoms with Gasteiger partial charge in [-0.05, 0) is 66.4 Å². The highest BCUT2D eigenvalue weighted by molar-refractivity contribution is 7.10. The average molecular weight is 467 g/mol. The molecule has 164 valence electrons. The van der Waals surface area contributed by atoms with Gasteiger partial charge in [0.05, 0.1) is 35.0 Å². The Hall–Kier alpha value is -4.38. The number of rotatable bonds is 6. The van der Waals surface area contributed by atoms with Crippen molar-refractivity contribution in [1.29, 1.82) is 15.8 Å². The number of nitrogens with zero attached hydrogens (tertiary/aromatic N) is 4. The van der Waals surface area contributed by atoms with Gasteiger partial charge in [0.15, 0.2) is 0 Å². The molecule has 0 atom stereocenters. The molecule has 4 nitrogen and oxygen atoms in total. The first-order valence-corrected chi connectivity index (χ1v) is 11.1. The predicted molar refractivity (Wildman–Crippen MR) is 124 cm³/mol. The van der Waals surface area contributed by atoms with Gasteiger partial charge in [0, 0.05) is 10.9 Å². The van der Waals surface area contributed by atoms with E-state index < -0.39 is 17.0 Å². The first kappa shape index (κ1) is 22.8. The Morgan fingerprint density at radius 3 is 1.85 bits per heavy atom. The lowest BCUT2D eigenvalue weighted by Crippen LogP contribution is -2.30. The van der Waals surface area contributed by atoms with E-state index >= 15 is 0 Å². The minimum Gasteiger partial charge on any atom is -0.239 e. The van der Waals surface area contributed by atoms with Crippen LogP contribution in [-0.2, 0) is 18.3 Å². The van der Waals surface area contributed by atoms with Crippen molar-refractivity contribution < 1.29 is 8.78 Å². The van der Waals surface area contributed by atoms with E-state index in [0.717, 1.165) is 29.3 Å². The summed E-state index contributed by atoms with van der Waals surface area (Å²) >= 11 is 1.22. The van der Waals surface area contributed by atoms with Gasteiger partial charge in [-0.25, -0.2) is 13.8 Å². The first-order chi connectivity index (χ1) is 16.5. The Balaban J connectivity index is 1.78. The second kappa shape index (κ2) is 9.63. The van der Waals surface area contributed by atoms with Crippen LogP contribution in [0.3, 0.4) is 0 Å². The van der Waals surface area contributed by atoms with Crippen molar-refractivity contribution in [3.8, 4) is 29.5 Å². The summed E-state index contributed by atoms with van der Waals surface area (Å²) in [6, 6.07) is 23.7. The van der Waals surface area contributed by atoms with Crippen molar-refractivity contribution >= 4 is 11.3 Å². The summed E-state index contributed by atoms with van der Waals surface area (Å²) in [5, 5.41) is 30.7. The van der Waals surface area contributed by atoms with Gasteiger partial charge in [0.25, 0.3) is 0 Å². The number of thiazole rings is 1. The van der Waals surface area contributed by atoms with E-state index in [1.165, 1.54) is 11.3 Å². The predicted octanol–water partition coefficient (Wildman–Crippen LogP) is 6.08. The fourth-order valence-corrected chi connectivity index (χ4v) is 4.71. The standard InChI is InChI=1S/C27H16F2N4S/c28-22-9-10-24(29)23(11-22)25-16-34-26(33-25)27(17-32,12-18-1-5-20(14-30)6-2-18)13-19-3-7-21(15-31)8-4-19/h1-11,16H,12-13H2. The molecule has 7 heteroatoms. The second-order valence-electron chi connectivity index (χ2n) is 7.83. The number of hydrogen-bond acceptors (Lipinski definition) is 5. The van der Waals surface area contributed by atoms with E-state index in [9.17, 15) is 14.0 Å². The normalized spacial score (nSPS) is 10.8. The van der Waals surface area contributed by atoms with Crippen LogP contribution in [0.25, 0.3) is 11.3 Å².